The largest absolute Gasteiger partial charge is 0.372 e. The Hall–Kier alpha value is 0.669. The molecule has 3 radical (unpaired) electrons. The molecule has 2 rings (SSSR count). The summed E-state index contributed by atoms with van der Waals surface area (Å²) in [6.45, 7) is 0.948. The molecule has 3 unspecified atom stereocenters. The Morgan fingerprint density at radius 1 is 1.50 bits per heavy atom. The Labute approximate surface area is 62.1 Å². The molecule has 0 aromatic carbocycles. The van der Waals surface area contributed by atoms with E-state index in [4.69, 9.17) is 9.47 Å². The molecule has 8 heavy (non-hydrogen) atoms. The molecule has 0 bridgehead atoms. The van der Waals surface area contributed by atoms with Gasteiger partial charge in [0.05, 0.1) is 12.3 Å². The van der Waals surface area contributed by atoms with Gasteiger partial charge in [-0.15, -0.1) is 0 Å². The van der Waals surface area contributed by atoms with E-state index in [0.717, 1.165) is 6.61 Å². The lowest BCUT2D eigenvalue weighted by Crippen LogP contribution is -2.00. The first-order chi connectivity index (χ1) is 3.38. The fourth-order valence-electron chi connectivity index (χ4n) is 0.838. The third-order valence-electron chi connectivity index (χ3n) is 1.48. The SMILES string of the molecule is [Al].[SiH3]C1OC1C1CO1. The summed E-state index contributed by atoms with van der Waals surface area (Å²) < 4.78 is 10.2. The van der Waals surface area contributed by atoms with Gasteiger partial charge in [-0.05, 0) is 0 Å². The summed E-state index contributed by atoms with van der Waals surface area (Å²) >= 11 is 0. The minimum atomic E-state index is 0. The van der Waals surface area contributed by atoms with E-state index in [9.17, 15) is 0 Å². The van der Waals surface area contributed by atoms with Gasteiger partial charge in [0.15, 0.2) is 0 Å². The lowest BCUT2D eigenvalue weighted by atomic mass is 10.4. The van der Waals surface area contributed by atoms with Crippen molar-refractivity contribution in [1.29, 1.82) is 0 Å². The van der Waals surface area contributed by atoms with Crippen LogP contribution in [-0.4, -0.2) is 52.1 Å². The van der Waals surface area contributed by atoms with E-state index in [-0.39, 0.29) is 17.4 Å². The van der Waals surface area contributed by atoms with Gasteiger partial charge >= 0.3 is 0 Å². The maximum atomic E-state index is 5.18. The average molecular weight is 143 g/mol. The van der Waals surface area contributed by atoms with Crippen molar-refractivity contribution >= 4 is 27.6 Å². The van der Waals surface area contributed by atoms with Crippen LogP contribution in [0, 0.1) is 0 Å². The number of ether oxygens (including phenoxy) is 2. The van der Waals surface area contributed by atoms with E-state index >= 15 is 0 Å². The van der Waals surface area contributed by atoms with Crippen molar-refractivity contribution in [3.63, 3.8) is 0 Å². The zero-order valence-electron chi connectivity index (χ0n) is 4.83. The van der Waals surface area contributed by atoms with Gasteiger partial charge < -0.3 is 9.47 Å². The molecule has 0 saturated carbocycles. The Bertz CT molecular complexity index is 96.0. The van der Waals surface area contributed by atoms with Gasteiger partial charge in [-0.1, -0.05) is 0 Å². The monoisotopic (exact) mass is 143 g/mol. The predicted octanol–water partition coefficient (Wildman–Crippen LogP) is -1.91. The van der Waals surface area contributed by atoms with Gasteiger partial charge in [0.1, 0.15) is 12.2 Å². The van der Waals surface area contributed by atoms with Crippen LogP contribution < -0.4 is 0 Å². The van der Waals surface area contributed by atoms with Crippen LogP contribution in [-0.2, 0) is 9.47 Å². The molecule has 43 valence electrons. The standard InChI is InChI=1S/C4H8O2Si.Al/c7-4-3(6-4)2-1-5-2;/h2-4H,1H2,7H3;. The molecule has 0 aliphatic carbocycles. The number of hydrogen-bond acceptors (Lipinski definition) is 2. The smallest absolute Gasteiger partial charge is 0.109 e. The molecule has 0 aromatic heterocycles. The van der Waals surface area contributed by atoms with E-state index in [1.54, 1.807) is 0 Å². The summed E-state index contributed by atoms with van der Waals surface area (Å²) in [5.41, 5.74) is 0.618. The maximum Gasteiger partial charge on any atom is 0.109 e. The zero-order chi connectivity index (χ0) is 4.85. The first-order valence-electron chi connectivity index (χ1n) is 2.65. The van der Waals surface area contributed by atoms with Crippen LogP contribution in [0.2, 0.25) is 0 Å². The average Bonchev–Trinajstić information content (AvgIpc) is 2.23. The maximum absolute atomic E-state index is 5.18. The third-order valence-corrected chi connectivity index (χ3v) is 2.41. The van der Waals surface area contributed by atoms with Gasteiger partial charge in [-0.25, -0.2) is 0 Å². The molecule has 2 aliphatic rings. The zero-order valence-corrected chi connectivity index (χ0v) is 7.99. The van der Waals surface area contributed by atoms with Crippen LogP contribution >= 0.6 is 0 Å². The van der Waals surface area contributed by atoms with Crippen LogP contribution in [0.5, 0.6) is 0 Å². The van der Waals surface area contributed by atoms with Crippen molar-refractivity contribution in [2.75, 3.05) is 6.61 Å². The Morgan fingerprint density at radius 3 is 2.12 bits per heavy atom. The molecule has 0 aromatic rings. The number of hydrogen-bond donors (Lipinski definition) is 0. The highest BCUT2D eigenvalue weighted by atomic mass is 28.1. The van der Waals surface area contributed by atoms with Gasteiger partial charge in [-0.3, -0.25) is 0 Å². The molecule has 2 nitrogen and oxygen atoms in total. The van der Waals surface area contributed by atoms with Crippen molar-refractivity contribution in [1.82, 2.24) is 0 Å². The summed E-state index contributed by atoms with van der Waals surface area (Å²) in [6.07, 6.45) is 1.02. The molecule has 0 spiro atoms. The first kappa shape index (κ1) is 6.78. The quantitative estimate of drug-likeness (QED) is 0.316. The van der Waals surface area contributed by atoms with Crippen molar-refractivity contribution < 1.29 is 9.47 Å². The van der Waals surface area contributed by atoms with Crippen molar-refractivity contribution in [2.24, 2.45) is 0 Å². The highest BCUT2D eigenvalue weighted by Crippen LogP contribution is 2.30. The molecule has 2 fully saturated rings. The predicted molar refractivity (Wildman–Crippen MR) is 34.1 cm³/mol. The molecule has 3 atom stereocenters. The molecular weight excluding hydrogens is 135 g/mol. The lowest BCUT2D eigenvalue weighted by Gasteiger charge is -1.73. The van der Waals surface area contributed by atoms with Crippen molar-refractivity contribution in [3.8, 4) is 0 Å². The first-order valence-corrected chi connectivity index (χ1v) is 3.80. The van der Waals surface area contributed by atoms with E-state index in [1.165, 1.54) is 10.2 Å². The molecule has 0 amide bonds. The van der Waals surface area contributed by atoms with Gasteiger partial charge in [0.2, 0.25) is 0 Å². The van der Waals surface area contributed by atoms with Crippen molar-refractivity contribution in [3.05, 3.63) is 0 Å². The summed E-state index contributed by atoms with van der Waals surface area (Å²) in [7, 11) is 1.18. The summed E-state index contributed by atoms with van der Waals surface area (Å²) in [5.74, 6) is 0. The molecule has 2 heterocycles. The minimum absolute atomic E-state index is 0. The molecule has 0 N–H and O–H groups in total. The molecular formula is C4H8AlO2Si. The Morgan fingerprint density at radius 2 is 2.00 bits per heavy atom. The normalized spacial score (nSPS) is 50.2. The second kappa shape index (κ2) is 2.13. The second-order valence-electron chi connectivity index (χ2n) is 2.18. The van der Waals surface area contributed by atoms with E-state index in [0.29, 0.717) is 17.9 Å². The van der Waals surface area contributed by atoms with E-state index in [1.807, 2.05) is 0 Å². The second-order valence-corrected chi connectivity index (χ2v) is 3.32. The third kappa shape index (κ3) is 1.15. The van der Waals surface area contributed by atoms with Gasteiger partial charge in [0.25, 0.3) is 0 Å². The minimum Gasteiger partial charge on any atom is -0.372 e. The van der Waals surface area contributed by atoms with Crippen LogP contribution in [0.3, 0.4) is 0 Å². The number of rotatable bonds is 1. The van der Waals surface area contributed by atoms with E-state index in [2.05, 4.69) is 0 Å². The highest BCUT2D eigenvalue weighted by Gasteiger charge is 2.47. The van der Waals surface area contributed by atoms with Crippen LogP contribution in [0.25, 0.3) is 0 Å². The molecule has 2 aliphatic heterocycles. The number of epoxide rings is 2. The van der Waals surface area contributed by atoms with Gasteiger partial charge in [0, 0.05) is 27.6 Å². The van der Waals surface area contributed by atoms with Crippen LogP contribution in [0.15, 0.2) is 0 Å². The topological polar surface area (TPSA) is 25.1 Å². The Kier molecular flexibility index (Phi) is 1.80. The van der Waals surface area contributed by atoms with E-state index < -0.39 is 0 Å². The highest BCUT2D eigenvalue weighted by molar-refractivity contribution is 6.13. The fraction of sp³-hybridized carbons (Fsp3) is 1.00. The van der Waals surface area contributed by atoms with Gasteiger partial charge in [-0.2, -0.15) is 0 Å². The Balaban J connectivity index is 0.000000320. The summed E-state index contributed by atoms with van der Waals surface area (Å²) in [6, 6.07) is 0. The van der Waals surface area contributed by atoms with Crippen LogP contribution in [0.4, 0.5) is 0 Å². The van der Waals surface area contributed by atoms with Crippen LogP contribution in [0.1, 0.15) is 0 Å². The molecule has 4 heteroatoms. The summed E-state index contributed by atoms with van der Waals surface area (Å²) in [4.78, 5) is 0. The van der Waals surface area contributed by atoms with Crippen molar-refractivity contribution in [2.45, 2.75) is 17.9 Å². The lowest BCUT2D eigenvalue weighted by molar-refractivity contribution is 0.323. The fourth-order valence-corrected chi connectivity index (χ4v) is 1.58. The molecule has 2 saturated heterocycles. The summed E-state index contributed by atoms with van der Waals surface area (Å²) in [5, 5.41) is 0.